The molecule has 0 bridgehead atoms. The molecule has 0 unspecified atom stereocenters. The van der Waals surface area contributed by atoms with Crippen LogP contribution in [0, 0.1) is 25.5 Å². The van der Waals surface area contributed by atoms with Gasteiger partial charge in [0.15, 0.2) is 0 Å². The van der Waals surface area contributed by atoms with E-state index >= 15 is 0 Å². The van der Waals surface area contributed by atoms with Gasteiger partial charge in [0.05, 0.1) is 4.47 Å². The zero-order chi connectivity index (χ0) is 14.0. The first-order chi connectivity index (χ1) is 8.99. The maximum absolute atomic E-state index is 13.8. The minimum absolute atomic E-state index is 0.0373. The maximum Gasteiger partial charge on any atom is 0.145 e. The van der Waals surface area contributed by atoms with Gasteiger partial charge in [0.1, 0.15) is 11.6 Å². The molecule has 0 fully saturated rings. The highest BCUT2D eigenvalue weighted by Crippen LogP contribution is 2.23. The highest BCUT2D eigenvalue weighted by atomic mass is 79.9. The molecule has 0 saturated carbocycles. The lowest BCUT2D eigenvalue weighted by molar-refractivity contribution is 0.555. The first-order valence-corrected chi connectivity index (χ1v) is 6.72. The van der Waals surface area contributed by atoms with Gasteiger partial charge in [0.25, 0.3) is 0 Å². The SMILES string of the molecule is Cc1ccc(C)c(NCc2c(F)ccc(Br)c2F)c1. The molecule has 0 aliphatic carbocycles. The van der Waals surface area contributed by atoms with Gasteiger partial charge in [-0.1, -0.05) is 12.1 Å². The first kappa shape index (κ1) is 14.0. The minimum Gasteiger partial charge on any atom is -0.381 e. The molecule has 19 heavy (non-hydrogen) atoms. The molecular weight excluding hydrogens is 312 g/mol. The summed E-state index contributed by atoms with van der Waals surface area (Å²) in [4.78, 5) is 0. The van der Waals surface area contributed by atoms with E-state index in [1.54, 1.807) is 0 Å². The van der Waals surface area contributed by atoms with Gasteiger partial charge in [-0.25, -0.2) is 8.78 Å². The van der Waals surface area contributed by atoms with Crippen LogP contribution in [0.4, 0.5) is 14.5 Å². The Morgan fingerprint density at radius 2 is 1.84 bits per heavy atom. The van der Waals surface area contributed by atoms with Gasteiger partial charge in [-0.15, -0.1) is 0 Å². The van der Waals surface area contributed by atoms with E-state index in [1.807, 2.05) is 32.0 Å². The molecule has 0 aliphatic heterocycles. The van der Waals surface area contributed by atoms with Crippen LogP contribution in [0.15, 0.2) is 34.8 Å². The van der Waals surface area contributed by atoms with Crippen molar-refractivity contribution >= 4 is 21.6 Å². The van der Waals surface area contributed by atoms with Crippen LogP contribution in [-0.2, 0) is 6.54 Å². The Labute approximate surface area is 119 Å². The standard InChI is InChI=1S/C15H14BrF2N/c1-9-3-4-10(2)14(7-9)19-8-11-13(17)6-5-12(16)15(11)18/h3-7,19H,8H2,1-2H3. The highest BCUT2D eigenvalue weighted by molar-refractivity contribution is 9.10. The van der Waals surface area contributed by atoms with Crippen LogP contribution in [0.3, 0.4) is 0 Å². The second-order valence-electron chi connectivity index (χ2n) is 4.49. The average Bonchev–Trinajstić information content (AvgIpc) is 2.38. The Hall–Kier alpha value is -1.42. The number of anilines is 1. The zero-order valence-corrected chi connectivity index (χ0v) is 12.3. The van der Waals surface area contributed by atoms with Crippen molar-refractivity contribution in [3.05, 3.63) is 63.1 Å². The van der Waals surface area contributed by atoms with Gasteiger partial charge in [0, 0.05) is 17.8 Å². The Bertz CT molecular complexity index is 611. The first-order valence-electron chi connectivity index (χ1n) is 5.92. The normalized spacial score (nSPS) is 10.6. The van der Waals surface area contributed by atoms with E-state index in [2.05, 4.69) is 21.2 Å². The summed E-state index contributed by atoms with van der Waals surface area (Å²) in [5.74, 6) is -1.10. The predicted octanol–water partition coefficient (Wildman–Crippen LogP) is 4.96. The van der Waals surface area contributed by atoms with Crippen molar-refractivity contribution in [2.75, 3.05) is 5.32 Å². The van der Waals surface area contributed by atoms with E-state index in [-0.39, 0.29) is 16.6 Å². The molecule has 0 saturated heterocycles. The van der Waals surface area contributed by atoms with Crippen molar-refractivity contribution in [3.63, 3.8) is 0 Å². The molecule has 100 valence electrons. The van der Waals surface area contributed by atoms with Crippen molar-refractivity contribution in [2.45, 2.75) is 20.4 Å². The van der Waals surface area contributed by atoms with Gasteiger partial charge in [0.2, 0.25) is 0 Å². The summed E-state index contributed by atoms with van der Waals surface area (Å²) >= 11 is 3.06. The quantitative estimate of drug-likeness (QED) is 0.787. The fraction of sp³-hybridized carbons (Fsp3) is 0.200. The number of nitrogens with one attached hydrogen (secondary N) is 1. The number of hydrogen-bond donors (Lipinski definition) is 1. The molecule has 0 radical (unpaired) electrons. The lowest BCUT2D eigenvalue weighted by Gasteiger charge is -2.12. The third kappa shape index (κ3) is 3.13. The number of benzene rings is 2. The van der Waals surface area contributed by atoms with Crippen LogP contribution in [0.5, 0.6) is 0 Å². The van der Waals surface area contributed by atoms with E-state index in [0.717, 1.165) is 16.8 Å². The Morgan fingerprint density at radius 1 is 1.11 bits per heavy atom. The number of aryl methyl sites for hydroxylation is 2. The molecule has 1 N–H and O–H groups in total. The summed E-state index contributed by atoms with van der Waals surface area (Å²) in [7, 11) is 0. The van der Waals surface area contributed by atoms with Crippen LogP contribution in [0.25, 0.3) is 0 Å². The minimum atomic E-state index is -0.558. The second-order valence-corrected chi connectivity index (χ2v) is 5.35. The fourth-order valence-corrected chi connectivity index (χ4v) is 2.21. The molecule has 0 heterocycles. The van der Waals surface area contributed by atoms with Gasteiger partial charge in [-0.2, -0.15) is 0 Å². The van der Waals surface area contributed by atoms with Gasteiger partial charge in [-0.05, 0) is 59.1 Å². The molecule has 0 atom stereocenters. The summed E-state index contributed by atoms with van der Waals surface area (Å²) in [5, 5.41) is 3.08. The fourth-order valence-electron chi connectivity index (χ4n) is 1.84. The summed E-state index contributed by atoms with van der Waals surface area (Å²) in [6, 6.07) is 8.56. The van der Waals surface area contributed by atoms with Crippen molar-refractivity contribution in [1.29, 1.82) is 0 Å². The van der Waals surface area contributed by atoms with Crippen LogP contribution in [0.1, 0.15) is 16.7 Å². The molecule has 0 aliphatic rings. The number of halogens is 3. The molecule has 2 aromatic rings. The Morgan fingerprint density at radius 3 is 2.58 bits per heavy atom. The van der Waals surface area contributed by atoms with Crippen molar-refractivity contribution in [3.8, 4) is 0 Å². The van der Waals surface area contributed by atoms with Gasteiger partial charge >= 0.3 is 0 Å². The lowest BCUT2D eigenvalue weighted by atomic mass is 10.1. The third-order valence-electron chi connectivity index (χ3n) is 2.99. The maximum atomic E-state index is 13.8. The second kappa shape index (κ2) is 5.70. The van der Waals surface area contributed by atoms with Crippen molar-refractivity contribution in [2.24, 2.45) is 0 Å². The average molecular weight is 326 g/mol. The molecule has 4 heteroatoms. The highest BCUT2D eigenvalue weighted by Gasteiger charge is 2.12. The molecular formula is C15H14BrF2N. The van der Waals surface area contributed by atoms with E-state index in [1.165, 1.54) is 12.1 Å². The summed E-state index contributed by atoms with van der Waals surface area (Å²) < 4.78 is 27.7. The molecule has 2 aromatic carbocycles. The Balaban J connectivity index is 2.24. The van der Waals surface area contributed by atoms with E-state index in [4.69, 9.17) is 0 Å². The van der Waals surface area contributed by atoms with Crippen LogP contribution in [-0.4, -0.2) is 0 Å². The molecule has 0 spiro atoms. The third-order valence-corrected chi connectivity index (χ3v) is 3.60. The molecule has 0 amide bonds. The zero-order valence-electron chi connectivity index (χ0n) is 10.7. The van der Waals surface area contributed by atoms with E-state index in [9.17, 15) is 8.78 Å². The predicted molar refractivity (Wildman–Crippen MR) is 77.3 cm³/mol. The summed E-state index contributed by atoms with van der Waals surface area (Å²) in [6.45, 7) is 4.04. The molecule has 0 aromatic heterocycles. The van der Waals surface area contributed by atoms with Crippen LogP contribution >= 0.6 is 15.9 Å². The van der Waals surface area contributed by atoms with Gasteiger partial charge in [-0.3, -0.25) is 0 Å². The van der Waals surface area contributed by atoms with E-state index in [0.29, 0.717) is 0 Å². The Kier molecular flexibility index (Phi) is 4.20. The number of hydrogen-bond acceptors (Lipinski definition) is 1. The topological polar surface area (TPSA) is 12.0 Å². The largest absolute Gasteiger partial charge is 0.381 e. The smallest absolute Gasteiger partial charge is 0.145 e. The van der Waals surface area contributed by atoms with Crippen LogP contribution < -0.4 is 5.32 Å². The van der Waals surface area contributed by atoms with Crippen molar-refractivity contribution in [1.82, 2.24) is 0 Å². The summed E-state index contributed by atoms with van der Waals surface area (Å²) in [5.41, 5.74) is 3.07. The van der Waals surface area contributed by atoms with Crippen LogP contribution in [0.2, 0.25) is 0 Å². The summed E-state index contributed by atoms with van der Waals surface area (Å²) in [6.07, 6.45) is 0. The van der Waals surface area contributed by atoms with Gasteiger partial charge < -0.3 is 5.32 Å². The molecule has 2 rings (SSSR count). The molecule has 1 nitrogen and oxygen atoms in total. The monoisotopic (exact) mass is 325 g/mol. The van der Waals surface area contributed by atoms with Crippen molar-refractivity contribution < 1.29 is 8.78 Å². The number of rotatable bonds is 3. The lowest BCUT2D eigenvalue weighted by Crippen LogP contribution is -2.06. The van der Waals surface area contributed by atoms with E-state index < -0.39 is 11.6 Å².